The van der Waals surface area contributed by atoms with Crippen LogP contribution in [0.1, 0.15) is 77.5 Å². The summed E-state index contributed by atoms with van der Waals surface area (Å²) in [6.45, 7) is 12.6. The largest absolute Gasteiger partial charge is 0.531 e. The number of rotatable bonds is 10. The first-order chi connectivity index (χ1) is 12.6. The van der Waals surface area contributed by atoms with Crippen molar-refractivity contribution in [1.29, 1.82) is 0 Å². The van der Waals surface area contributed by atoms with Crippen LogP contribution < -0.4 is 0 Å². The third kappa shape index (κ3) is 7.51. The molecule has 0 aliphatic carbocycles. The fraction of sp³-hybridized carbons (Fsp3) is 0.700. The van der Waals surface area contributed by atoms with E-state index in [1.165, 1.54) is 11.1 Å². The molecule has 0 saturated heterocycles. The van der Waals surface area contributed by atoms with Crippen molar-refractivity contribution in [2.24, 2.45) is 0 Å². The average molecular weight is 424 g/mol. The van der Waals surface area contributed by atoms with Crippen LogP contribution in [0.4, 0.5) is 13.2 Å². The molecule has 0 saturated carbocycles. The summed E-state index contributed by atoms with van der Waals surface area (Å²) in [5.74, 6) is 0. The molecule has 0 amide bonds. The van der Waals surface area contributed by atoms with Gasteiger partial charge in [0.2, 0.25) is 0 Å². The second kappa shape index (κ2) is 9.29. The van der Waals surface area contributed by atoms with Crippen LogP contribution in [0.25, 0.3) is 0 Å². The predicted octanol–water partition coefficient (Wildman–Crippen LogP) is 6.65. The molecule has 0 aromatic heterocycles. The summed E-state index contributed by atoms with van der Waals surface area (Å²) in [4.78, 5) is 9.11. The Morgan fingerprint density at radius 2 is 1.61 bits per heavy atom. The maximum atomic E-state index is 12.1. The lowest BCUT2D eigenvalue weighted by Crippen LogP contribution is -2.22. The molecule has 4 nitrogen and oxygen atoms in total. The second-order valence-electron chi connectivity index (χ2n) is 8.29. The smallest absolute Gasteiger partial charge is 0.302 e. The van der Waals surface area contributed by atoms with Gasteiger partial charge in [-0.15, -0.1) is 13.2 Å². The highest BCUT2D eigenvalue weighted by atomic mass is 31.2. The molecule has 8 heteroatoms. The molecule has 0 aliphatic heterocycles. The van der Waals surface area contributed by atoms with Crippen LogP contribution in [0.2, 0.25) is 0 Å². The molecule has 1 unspecified atom stereocenters. The van der Waals surface area contributed by atoms with Crippen LogP contribution in [0.15, 0.2) is 18.2 Å². The highest BCUT2D eigenvalue weighted by Crippen LogP contribution is 2.48. The maximum absolute atomic E-state index is 12.1. The van der Waals surface area contributed by atoms with Crippen molar-refractivity contribution in [3.63, 3.8) is 0 Å². The number of halogens is 3. The summed E-state index contributed by atoms with van der Waals surface area (Å²) < 4.78 is 55.1. The Bertz CT molecular complexity index is 699. The van der Waals surface area contributed by atoms with Crippen LogP contribution in [0, 0.1) is 0 Å². The lowest BCUT2D eigenvalue weighted by Gasteiger charge is -2.31. The van der Waals surface area contributed by atoms with Gasteiger partial charge in [-0.1, -0.05) is 59.7 Å². The van der Waals surface area contributed by atoms with E-state index in [2.05, 4.69) is 62.7 Å². The van der Waals surface area contributed by atoms with Crippen LogP contribution in [-0.4, -0.2) is 17.9 Å². The third-order valence-electron chi connectivity index (χ3n) is 5.45. The van der Waals surface area contributed by atoms with Gasteiger partial charge in [-0.05, 0) is 53.2 Å². The molecule has 162 valence electrons. The van der Waals surface area contributed by atoms with Gasteiger partial charge in [0.15, 0.2) is 0 Å². The van der Waals surface area contributed by atoms with Crippen molar-refractivity contribution in [1.82, 2.24) is 0 Å². The summed E-state index contributed by atoms with van der Waals surface area (Å²) in [5.41, 5.74) is 3.47. The van der Waals surface area contributed by atoms with Crippen molar-refractivity contribution in [2.45, 2.75) is 84.4 Å². The molecule has 0 bridgehead atoms. The third-order valence-corrected chi connectivity index (χ3v) is 6.40. The zero-order valence-electron chi connectivity index (χ0n) is 17.5. The molecule has 1 atom stereocenters. The Morgan fingerprint density at radius 1 is 1.04 bits per heavy atom. The Balaban J connectivity index is 2.92. The van der Waals surface area contributed by atoms with E-state index in [9.17, 15) is 17.7 Å². The average Bonchev–Trinajstić information content (AvgIpc) is 2.56. The van der Waals surface area contributed by atoms with Crippen LogP contribution in [0.3, 0.4) is 0 Å². The molecular weight excluding hydrogens is 392 g/mol. The van der Waals surface area contributed by atoms with E-state index in [0.717, 1.165) is 18.4 Å². The molecular formula is C20H32F3O4P. The SMILES string of the molecule is CCC(C)(C)c1ccc(CCCOP(=O)(O)OC(F)(F)F)c(C(C)(C)CC)c1. The number of aryl methyl sites for hydroxylation is 1. The van der Waals surface area contributed by atoms with Crippen molar-refractivity contribution in [3.05, 3.63) is 34.9 Å². The van der Waals surface area contributed by atoms with E-state index < -0.39 is 14.2 Å². The second-order valence-corrected chi connectivity index (χ2v) is 9.67. The number of benzene rings is 1. The van der Waals surface area contributed by atoms with Crippen molar-refractivity contribution in [3.8, 4) is 0 Å². The first kappa shape index (κ1) is 25.2. The maximum Gasteiger partial charge on any atom is 0.531 e. The molecule has 0 fully saturated rings. The van der Waals surface area contributed by atoms with Crippen molar-refractivity contribution in [2.75, 3.05) is 6.61 Å². The Hall–Kier alpha value is -0.880. The van der Waals surface area contributed by atoms with Gasteiger partial charge in [0.05, 0.1) is 6.61 Å². The lowest BCUT2D eigenvalue weighted by molar-refractivity contribution is -0.282. The van der Waals surface area contributed by atoms with E-state index in [0.29, 0.717) is 12.8 Å². The van der Waals surface area contributed by atoms with Crippen LogP contribution >= 0.6 is 7.82 Å². The number of hydrogen-bond donors (Lipinski definition) is 1. The van der Waals surface area contributed by atoms with Crippen molar-refractivity contribution >= 4 is 7.82 Å². The van der Waals surface area contributed by atoms with Gasteiger partial charge in [-0.3, -0.25) is 4.52 Å². The summed E-state index contributed by atoms with van der Waals surface area (Å²) in [5, 5.41) is 0. The zero-order chi connectivity index (χ0) is 21.8. The van der Waals surface area contributed by atoms with Crippen LogP contribution in [0.5, 0.6) is 0 Å². The molecule has 1 rings (SSSR count). The highest BCUT2D eigenvalue weighted by molar-refractivity contribution is 7.47. The standard InChI is InChI=1S/C20H32F3O4P/c1-7-18(3,4)16-12-11-15(17(14-16)19(5,6)8-2)10-9-13-26-28(24,25)27-20(21,22)23/h11-12,14H,7-10,13H2,1-6H3,(H,24,25). The highest BCUT2D eigenvalue weighted by Gasteiger charge is 2.40. The molecule has 28 heavy (non-hydrogen) atoms. The summed E-state index contributed by atoms with van der Waals surface area (Å²) in [6.07, 6.45) is -2.47. The summed E-state index contributed by atoms with van der Waals surface area (Å²) >= 11 is 0. The monoisotopic (exact) mass is 424 g/mol. The molecule has 0 spiro atoms. The Labute approximate surface area is 166 Å². The van der Waals surface area contributed by atoms with Gasteiger partial charge in [0.25, 0.3) is 0 Å². The van der Waals surface area contributed by atoms with Gasteiger partial charge in [0.1, 0.15) is 0 Å². The van der Waals surface area contributed by atoms with Gasteiger partial charge < -0.3 is 4.89 Å². The van der Waals surface area contributed by atoms with E-state index >= 15 is 0 Å². The first-order valence-corrected chi connectivity index (χ1v) is 11.0. The Kier molecular flexibility index (Phi) is 8.35. The predicted molar refractivity (Wildman–Crippen MR) is 104 cm³/mol. The van der Waals surface area contributed by atoms with Gasteiger partial charge in [-0.2, -0.15) is 4.52 Å². The van der Waals surface area contributed by atoms with E-state index in [1.807, 2.05) is 6.07 Å². The zero-order valence-corrected chi connectivity index (χ0v) is 18.4. The fourth-order valence-electron chi connectivity index (χ4n) is 2.84. The molecule has 1 N–H and O–H groups in total. The van der Waals surface area contributed by atoms with Gasteiger partial charge in [0, 0.05) is 0 Å². The summed E-state index contributed by atoms with van der Waals surface area (Å²) in [6, 6.07) is 6.34. The minimum absolute atomic E-state index is 0.0404. The minimum atomic E-state index is -5.22. The minimum Gasteiger partial charge on any atom is -0.302 e. The molecule has 1 aromatic rings. The Morgan fingerprint density at radius 3 is 2.11 bits per heavy atom. The van der Waals surface area contributed by atoms with E-state index in [1.54, 1.807) is 0 Å². The van der Waals surface area contributed by atoms with Gasteiger partial charge >= 0.3 is 14.2 Å². The normalized spacial score (nSPS) is 15.5. The lowest BCUT2D eigenvalue weighted by atomic mass is 9.74. The van der Waals surface area contributed by atoms with Gasteiger partial charge in [-0.25, -0.2) is 4.57 Å². The topological polar surface area (TPSA) is 55.8 Å². The quantitative estimate of drug-likeness (QED) is 0.338. The fourth-order valence-corrected chi connectivity index (χ4v) is 3.51. The number of hydrogen-bond acceptors (Lipinski definition) is 3. The number of phosphoric acid groups is 1. The molecule has 0 aliphatic rings. The van der Waals surface area contributed by atoms with Crippen molar-refractivity contribution < 1.29 is 31.7 Å². The first-order valence-electron chi connectivity index (χ1n) is 9.52. The van der Waals surface area contributed by atoms with E-state index in [-0.39, 0.29) is 17.4 Å². The molecule has 1 aromatic carbocycles. The summed E-state index contributed by atoms with van der Waals surface area (Å²) in [7, 11) is -5.14. The molecule has 0 heterocycles. The van der Waals surface area contributed by atoms with Crippen LogP contribution in [-0.2, 0) is 30.9 Å². The van der Waals surface area contributed by atoms with E-state index in [4.69, 9.17) is 4.89 Å². The molecule has 0 radical (unpaired) electrons. The number of phosphoric ester groups is 1. The number of alkyl halides is 3.